The molecule has 0 fully saturated rings. The van der Waals surface area contributed by atoms with Crippen molar-refractivity contribution in [2.24, 2.45) is 4.99 Å². The van der Waals surface area contributed by atoms with Crippen LogP contribution in [0.2, 0.25) is 0 Å². The highest BCUT2D eigenvalue weighted by Crippen LogP contribution is 2.40. The molecule has 0 bridgehead atoms. The molecule has 0 aromatic heterocycles. The number of para-hydroxylation sites is 1. The van der Waals surface area contributed by atoms with Crippen LogP contribution in [0.15, 0.2) is 69.8 Å². The number of aliphatic hydroxyl groups is 1. The van der Waals surface area contributed by atoms with Crippen molar-refractivity contribution in [3.8, 4) is 0 Å². The molecule has 0 aliphatic carbocycles. The van der Waals surface area contributed by atoms with Gasteiger partial charge in [0, 0.05) is 19.8 Å². The molecule has 5 nitrogen and oxygen atoms in total. The van der Waals surface area contributed by atoms with Crippen LogP contribution in [0.5, 0.6) is 0 Å². The second-order valence-corrected chi connectivity index (χ2v) is 7.77. The third kappa shape index (κ3) is 4.71. The Morgan fingerprint density at radius 1 is 1.17 bits per heavy atom. The predicted molar refractivity (Wildman–Crippen MR) is 121 cm³/mol. The normalized spacial score (nSPS) is 16.6. The Hall–Kier alpha value is -2.99. The van der Waals surface area contributed by atoms with Crippen LogP contribution in [-0.4, -0.2) is 36.8 Å². The van der Waals surface area contributed by atoms with Gasteiger partial charge in [0.15, 0.2) is 0 Å². The van der Waals surface area contributed by atoms with Gasteiger partial charge in [-0.2, -0.15) is 0 Å². The Labute approximate surface area is 175 Å². The Bertz CT molecular complexity index is 1010. The van der Waals surface area contributed by atoms with Crippen LogP contribution in [0.25, 0.3) is 6.08 Å². The summed E-state index contributed by atoms with van der Waals surface area (Å²) >= 11 is 1.27. The lowest BCUT2D eigenvalue weighted by molar-refractivity contribution is -0.138. The van der Waals surface area contributed by atoms with Crippen molar-refractivity contribution >= 4 is 40.2 Å². The second-order valence-electron chi connectivity index (χ2n) is 6.74. The molecule has 0 amide bonds. The standard InChI is InChI=1S/C23H24N2O3S/c1-5-28-23(27)20-21(26)19(14-16-10-12-17(13-11-16)25(3)4)29-22(20)24-18-9-7-6-8-15(18)2/h6-14,26H,5H2,1-4H3. The molecular weight excluding hydrogens is 384 g/mol. The molecule has 0 spiro atoms. The van der Waals surface area contributed by atoms with Gasteiger partial charge >= 0.3 is 5.97 Å². The highest BCUT2D eigenvalue weighted by atomic mass is 32.2. The Morgan fingerprint density at radius 2 is 1.86 bits per heavy atom. The van der Waals surface area contributed by atoms with Gasteiger partial charge in [-0.05, 0) is 49.2 Å². The molecule has 150 valence electrons. The molecule has 1 aliphatic heterocycles. The maximum absolute atomic E-state index is 12.5. The average molecular weight is 409 g/mol. The number of carbonyl (C=O) groups is 1. The van der Waals surface area contributed by atoms with Gasteiger partial charge in [-0.3, -0.25) is 0 Å². The number of hydrogen-bond acceptors (Lipinski definition) is 6. The van der Waals surface area contributed by atoms with Gasteiger partial charge in [0.05, 0.1) is 17.2 Å². The summed E-state index contributed by atoms with van der Waals surface area (Å²) < 4.78 is 5.15. The summed E-state index contributed by atoms with van der Waals surface area (Å²) in [7, 11) is 3.96. The van der Waals surface area contributed by atoms with Crippen LogP contribution in [0.3, 0.4) is 0 Å². The summed E-state index contributed by atoms with van der Waals surface area (Å²) in [5, 5.41) is 11.2. The molecule has 6 heteroatoms. The number of aryl methyl sites for hydroxylation is 1. The minimum absolute atomic E-state index is 0.0996. The summed E-state index contributed by atoms with van der Waals surface area (Å²) in [6.45, 7) is 3.91. The summed E-state index contributed by atoms with van der Waals surface area (Å²) in [5.41, 5.74) is 3.85. The van der Waals surface area contributed by atoms with Crippen molar-refractivity contribution in [3.05, 3.63) is 75.9 Å². The summed E-state index contributed by atoms with van der Waals surface area (Å²) in [6.07, 6.45) is 1.85. The van der Waals surface area contributed by atoms with Gasteiger partial charge < -0.3 is 14.7 Å². The van der Waals surface area contributed by atoms with E-state index >= 15 is 0 Å². The number of esters is 1. The van der Waals surface area contributed by atoms with Gasteiger partial charge in [0.1, 0.15) is 16.4 Å². The van der Waals surface area contributed by atoms with Crippen molar-refractivity contribution in [3.63, 3.8) is 0 Å². The molecule has 1 N–H and O–H groups in total. The van der Waals surface area contributed by atoms with Crippen LogP contribution >= 0.6 is 11.8 Å². The number of benzene rings is 2. The molecule has 2 aromatic carbocycles. The fourth-order valence-corrected chi connectivity index (χ4v) is 3.84. The van der Waals surface area contributed by atoms with E-state index in [1.165, 1.54) is 11.8 Å². The minimum atomic E-state index is -0.573. The molecule has 29 heavy (non-hydrogen) atoms. The Kier molecular flexibility index (Phi) is 6.44. The third-order valence-electron chi connectivity index (χ3n) is 4.41. The molecule has 0 radical (unpaired) electrons. The number of rotatable bonds is 5. The van der Waals surface area contributed by atoms with Crippen molar-refractivity contribution in [2.75, 3.05) is 25.6 Å². The van der Waals surface area contributed by atoms with E-state index in [1.807, 2.05) is 80.5 Å². The van der Waals surface area contributed by atoms with E-state index in [4.69, 9.17) is 4.74 Å². The number of ether oxygens (including phenoxy) is 1. The van der Waals surface area contributed by atoms with E-state index in [1.54, 1.807) is 6.92 Å². The van der Waals surface area contributed by atoms with E-state index in [9.17, 15) is 9.90 Å². The fraction of sp³-hybridized carbons (Fsp3) is 0.217. The quantitative estimate of drug-likeness (QED) is 0.684. The van der Waals surface area contributed by atoms with E-state index < -0.39 is 5.97 Å². The highest BCUT2D eigenvalue weighted by Gasteiger charge is 2.33. The van der Waals surface area contributed by atoms with Gasteiger partial charge in [0.25, 0.3) is 0 Å². The number of thioether (sulfide) groups is 1. The number of aliphatic hydroxyl groups excluding tert-OH is 1. The van der Waals surface area contributed by atoms with Crippen molar-refractivity contribution < 1.29 is 14.6 Å². The molecule has 0 unspecified atom stereocenters. The predicted octanol–water partition coefficient (Wildman–Crippen LogP) is 5.25. The van der Waals surface area contributed by atoms with Gasteiger partial charge in [-0.15, -0.1) is 0 Å². The first-order valence-corrected chi connectivity index (χ1v) is 10.1. The fourth-order valence-electron chi connectivity index (χ4n) is 2.81. The second kappa shape index (κ2) is 9.01. The molecule has 3 rings (SSSR count). The van der Waals surface area contributed by atoms with Crippen molar-refractivity contribution in [2.45, 2.75) is 13.8 Å². The topological polar surface area (TPSA) is 62.1 Å². The zero-order chi connectivity index (χ0) is 21.0. The molecule has 0 atom stereocenters. The number of carbonyl (C=O) groups excluding carboxylic acids is 1. The minimum Gasteiger partial charge on any atom is -0.506 e. The first-order chi connectivity index (χ1) is 13.9. The van der Waals surface area contributed by atoms with Crippen LogP contribution in [0.1, 0.15) is 18.1 Å². The van der Waals surface area contributed by atoms with E-state index in [-0.39, 0.29) is 17.9 Å². The van der Waals surface area contributed by atoms with Crippen LogP contribution in [-0.2, 0) is 9.53 Å². The van der Waals surface area contributed by atoms with Crippen LogP contribution in [0, 0.1) is 6.92 Å². The van der Waals surface area contributed by atoms with Crippen LogP contribution in [0.4, 0.5) is 11.4 Å². The summed E-state index contributed by atoms with van der Waals surface area (Å²) in [4.78, 5) is 19.7. The molecule has 1 heterocycles. The maximum atomic E-state index is 12.5. The number of nitrogens with zero attached hydrogens (tertiary/aromatic N) is 2. The first kappa shape index (κ1) is 20.7. The van der Waals surface area contributed by atoms with E-state index in [0.29, 0.717) is 9.95 Å². The van der Waals surface area contributed by atoms with Gasteiger partial charge in [0.2, 0.25) is 0 Å². The van der Waals surface area contributed by atoms with Gasteiger partial charge in [-0.25, -0.2) is 9.79 Å². The third-order valence-corrected chi connectivity index (χ3v) is 5.43. The van der Waals surface area contributed by atoms with Crippen molar-refractivity contribution in [1.29, 1.82) is 0 Å². The maximum Gasteiger partial charge on any atom is 0.344 e. The molecule has 2 aromatic rings. The first-order valence-electron chi connectivity index (χ1n) is 9.33. The number of anilines is 1. The largest absolute Gasteiger partial charge is 0.506 e. The van der Waals surface area contributed by atoms with Crippen LogP contribution < -0.4 is 4.90 Å². The zero-order valence-electron chi connectivity index (χ0n) is 17.0. The zero-order valence-corrected chi connectivity index (χ0v) is 17.8. The number of aliphatic imine (C=N–C) groups is 1. The average Bonchev–Trinajstić information content (AvgIpc) is 2.99. The lowest BCUT2D eigenvalue weighted by Gasteiger charge is -2.11. The smallest absolute Gasteiger partial charge is 0.344 e. The monoisotopic (exact) mass is 408 g/mol. The molecule has 0 saturated carbocycles. The number of hydrogen-bond donors (Lipinski definition) is 1. The van der Waals surface area contributed by atoms with E-state index in [2.05, 4.69) is 4.99 Å². The molecule has 0 saturated heterocycles. The van der Waals surface area contributed by atoms with E-state index in [0.717, 1.165) is 22.5 Å². The molecule has 1 aliphatic rings. The lowest BCUT2D eigenvalue weighted by Crippen LogP contribution is -2.12. The Balaban J connectivity index is 2.01. The van der Waals surface area contributed by atoms with Crippen molar-refractivity contribution in [1.82, 2.24) is 0 Å². The highest BCUT2D eigenvalue weighted by molar-refractivity contribution is 8.18. The van der Waals surface area contributed by atoms with Gasteiger partial charge in [-0.1, -0.05) is 42.1 Å². The summed E-state index contributed by atoms with van der Waals surface area (Å²) in [5.74, 6) is -0.673. The SMILES string of the molecule is CCOC(=O)C1=C(O)C(=Cc2ccc(N(C)C)cc2)SC1=Nc1ccccc1C. The summed E-state index contributed by atoms with van der Waals surface area (Å²) in [6, 6.07) is 15.6. The lowest BCUT2D eigenvalue weighted by atomic mass is 10.1. The molecular formula is C23H24N2O3S. The Morgan fingerprint density at radius 3 is 2.48 bits per heavy atom.